The van der Waals surface area contributed by atoms with Crippen molar-refractivity contribution in [2.75, 3.05) is 31.2 Å². The maximum atomic E-state index is 14.2. The van der Waals surface area contributed by atoms with Crippen LogP contribution in [0, 0.1) is 34.0 Å². The van der Waals surface area contributed by atoms with Crippen molar-refractivity contribution in [3.8, 4) is 34.7 Å². The SMILES string of the molecule is CC1CN(c2ncnc3c(-c4cc(C#N)n(C)n4)ccc(-c4ccccn4)c23)CCN1C(=O)C(C#N)(CF)C1CC1. The minimum atomic E-state index is -1.59. The first-order valence-electron chi connectivity index (χ1n) is 13.6. The first-order chi connectivity index (χ1) is 19.9. The Labute approximate surface area is 236 Å². The van der Waals surface area contributed by atoms with Crippen LogP contribution in [0.15, 0.2) is 48.9 Å². The Morgan fingerprint density at radius 1 is 1.10 bits per heavy atom. The summed E-state index contributed by atoms with van der Waals surface area (Å²) in [5.74, 6) is 0.0604. The van der Waals surface area contributed by atoms with Crippen LogP contribution >= 0.6 is 0 Å². The lowest BCUT2D eigenvalue weighted by Gasteiger charge is -2.43. The van der Waals surface area contributed by atoms with Gasteiger partial charge in [0.2, 0.25) is 5.91 Å². The monoisotopic (exact) mass is 549 g/mol. The smallest absolute Gasteiger partial charge is 0.246 e. The molecule has 1 saturated carbocycles. The minimum absolute atomic E-state index is 0.214. The number of hydrogen-bond acceptors (Lipinski definition) is 8. The zero-order valence-electron chi connectivity index (χ0n) is 22.8. The summed E-state index contributed by atoms with van der Waals surface area (Å²) in [6.07, 6.45) is 4.65. The molecule has 1 amide bonds. The number of nitrogens with zero attached hydrogens (tertiary/aromatic N) is 9. The van der Waals surface area contributed by atoms with E-state index >= 15 is 0 Å². The van der Waals surface area contributed by atoms with Crippen LogP contribution in [-0.4, -0.2) is 67.9 Å². The van der Waals surface area contributed by atoms with Gasteiger partial charge in [-0.2, -0.15) is 15.6 Å². The standard InChI is InChI=1S/C30H28FN9O/c1-19-15-39(11-12-40(19)29(41)30(16-31,17-33)20-6-7-20)28-26-22(24-5-3-4-10-34-24)8-9-23(27(26)35-18-36-28)25-13-21(14-32)38(2)37-25/h3-5,8-10,13,18-20H,6-7,11-12,15-16H2,1-2H3. The van der Waals surface area contributed by atoms with Gasteiger partial charge in [0.25, 0.3) is 0 Å². The molecule has 4 aromatic rings. The maximum Gasteiger partial charge on any atom is 0.246 e. The second-order valence-corrected chi connectivity index (χ2v) is 10.7. The van der Waals surface area contributed by atoms with Crippen LogP contribution in [0.1, 0.15) is 25.5 Å². The molecule has 10 nitrogen and oxygen atoms in total. The minimum Gasteiger partial charge on any atom is -0.352 e. The van der Waals surface area contributed by atoms with Gasteiger partial charge in [-0.05, 0) is 43.9 Å². The highest BCUT2D eigenvalue weighted by Crippen LogP contribution is 2.47. The molecule has 0 radical (unpaired) electrons. The molecule has 0 N–H and O–H groups in total. The molecular weight excluding hydrogens is 521 g/mol. The van der Waals surface area contributed by atoms with E-state index in [0.717, 1.165) is 22.2 Å². The average Bonchev–Trinajstić information content (AvgIpc) is 3.79. The summed E-state index contributed by atoms with van der Waals surface area (Å²) in [5, 5.41) is 24.6. The van der Waals surface area contributed by atoms with Crippen molar-refractivity contribution in [3.05, 3.63) is 54.6 Å². The third-order valence-electron chi connectivity index (χ3n) is 8.23. The molecule has 3 aromatic heterocycles. The number of halogens is 1. The van der Waals surface area contributed by atoms with Crippen LogP contribution in [0.4, 0.5) is 10.2 Å². The molecule has 41 heavy (non-hydrogen) atoms. The van der Waals surface area contributed by atoms with Gasteiger partial charge in [0, 0.05) is 56.1 Å². The number of nitriles is 2. The summed E-state index contributed by atoms with van der Waals surface area (Å²) >= 11 is 0. The molecule has 1 aliphatic carbocycles. The summed E-state index contributed by atoms with van der Waals surface area (Å²) < 4.78 is 15.7. The van der Waals surface area contributed by atoms with Gasteiger partial charge < -0.3 is 9.80 Å². The lowest BCUT2D eigenvalue weighted by Crippen LogP contribution is -2.58. The number of amides is 1. The Kier molecular flexibility index (Phi) is 6.58. The Bertz CT molecular complexity index is 1720. The van der Waals surface area contributed by atoms with Crippen molar-refractivity contribution in [1.82, 2.24) is 29.6 Å². The van der Waals surface area contributed by atoms with Crippen LogP contribution in [0.25, 0.3) is 33.4 Å². The quantitative estimate of drug-likeness (QED) is 0.354. The molecule has 2 atom stereocenters. The van der Waals surface area contributed by atoms with E-state index in [-0.39, 0.29) is 12.0 Å². The number of alkyl halides is 1. The van der Waals surface area contributed by atoms with Gasteiger partial charge in [0.1, 0.15) is 30.6 Å². The number of fused-ring (bicyclic) bond motifs is 1. The number of aryl methyl sites for hydroxylation is 1. The molecule has 6 rings (SSSR count). The number of hydrogen-bond donors (Lipinski definition) is 0. The molecule has 2 aliphatic rings. The van der Waals surface area contributed by atoms with Gasteiger partial charge in [-0.15, -0.1) is 0 Å². The maximum absolute atomic E-state index is 14.2. The summed E-state index contributed by atoms with van der Waals surface area (Å²) in [4.78, 5) is 31.2. The highest BCUT2D eigenvalue weighted by Gasteiger charge is 2.54. The van der Waals surface area contributed by atoms with E-state index in [9.17, 15) is 19.7 Å². The number of rotatable bonds is 6. The molecule has 1 saturated heterocycles. The van der Waals surface area contributed by atoms with E-state index in [1.807, 2.05) is 43.3 Å². The van der Waals surface area contributed by atoms with Crippen molar-refractivity contribution in [2.45, 2.75) is 25.8 Å². The summed E-state index contributed by atoms with van der Waals surface area (Å²) in [7, 11) is 1.72. The molecule has 4 heterocycles. The highest BCUT2D eigenvalue weighted by molar-refractivity contribution is 6.07. The van der Waals surface area contributed by atoms with E-state index in [0.29, 0.717) is 55.2 Å². The summed E-state index contributed by atoms with van der Waals surface area (Å²) in [6, 6.07) is 15.3. The fourth-order valence-electron chi connectivity index (χ4n) is 5.84. The highest BCUT2D eigenvalue weighted by atomic mass is 19.1. The molecule has 206 valence electrons. The average molecular weight is 550 g/mol. The van der Waals surface area contributed by atoms with Crippen LogP contribution in [0.3, 0.4) is 0 Å². The summed E-state index contributed by atoms with van der Waals surface area (Å²) in [5.41, 5.74) is 2.48. The summed E-state index contributed by atoms with van der Waals surface area (Å²) in [6.45, 7) is 2.20. The molecule has 2 fully saturated rings. The Morgan fingerprint density at radius 3 is 2.54 bits per heavy atom. The van der Waals surface area contributed by atoms with Gasteiger partial charge >= 0.3 is 0 Å². The Morgan fingerprint density at radius 2 is 1.90 bits per heavy atom. The number of pyridine rings is 1. The van der Waals surface area contributed by atoms with Crippen LogP contribution < -0.4 is 4.90 Å². The van der Waals surface area contributed by atoms with Gasteiger partial charge in [0.15, 0.2) is 5.41 Å². The van der Waals surface area contributed by atoms with E-state index in [1.165, 1.54) is 11.0 Å². The first kappa shape index (κ1) is 26.3. The second-order valence-electron chi connectivity index (χ2n) is 10.7. The van der Waals surface area contributed by atoms with Crippen LogP contribution in [-0.2, 0) is 11.8 Å². The van der Waals surface area contributed by atoms with E-state index < -0.39 is 18.0 Å². The van der Waals surface area contributed by atoms with Crippen molar-refractivity contribution < 1.29 is 9.18 Å². The molecule has 0 spiro atoms. The lowest BCUT2D eigenvalue weighted by molar-refractivity contribution is -0.143. The third kappa shape index (κ3) is 4.34. The van der Waals surface area contributed by atoms with Crippen molar-refractivity contribution in [1.29, 1.82) is 10.5 Å². The normalized spacial score (nSPS) is 18.5. The molecule has 1 aromatic carbocycles. The van der Waals surface area contributed by atoms with Crippen molar-refractivity contribution >= 4 is 22.6 Å². The van der Waals surface area contributed by atoms with E-state index in [4.69, 9.17) is 4.98 Å². The molecule has 11 heteroatoms. The van der Waals surface area contributed by atoms with E-state index in [2.05, 4.69) is 26.0 Å². The molecular formula is C30H28FN9O. The van der Waals surface area contributed by atoms with Crippen LogP contribution in [0.5, 0.6) is 0 Å². The molecule has 0 bridgehead atoms. The zero-order chi connectivity index (χ0) is 28.7. The fourth-order valence-corrected chi connectivity index (χ4v) is 5.84. The van der Waals surface area contributed by atoms with Crippen molar-refractivity contribution in [3.63, 3.8) is 0 Å². The van der Waals surface area contributed by atoms with E-state index in [1.54, 1.807) is 24.2 Å². The second kappa shape index (κ2) is 10.3. The fraction of sp³-hybridized carbons (Fsp3) is 0.367. The van der Waals surface area contributed by atoms with Gasteiger partial charge in [-0.25, -0.2) is 14.4 Å². The van der Waals surface area contributed by atoms with Gasteiger partial charge in [-0.1, -0.05) is 12.1 Å². The Balaban J connectivity index is 1.42. The molecule has 1 aliphatic heterocycles. The number of benzene rings is 1. The zero-order valence-corrected chi connectivity index (χ0v) is 22.8. The number of aromatic nitrogens is 5. The van der Waals surface area contributed by atoms with Crippen molar-refractivity contribution in [2.24, 2.45) is 18.4 Å². The van der Waals surface area contributed by atoms with Gasteiger partial charge in [0.05, 0.1) is 28.4 Å². The topological polar surface area (TPSA) is 128 Å². The van der Waals surface area contributed by atoms with Crippen LogP contribution in [0.2, 0.25) is 0 Å². The number of anilines is 1. The first-order valence-corrected chi connectivity index (χ1v) is 13.6. The largest absolute Gasteiger partial charge is 0.352 e. The predicted octanol–water partition coefficient (Wildman–Crippen LogP) is 3.89. The van der Waals surface area contributed by atoms with Gasteiger partial charge in [-0.3, -0.25) is 14.5 Å². The lowest BCUT2D eigenvalue weighted by atomic mass is 9.83. The number of carbonyl (C=O) groups is 1. The Hall–Kier alpha value is -4.90. The molecule has 2 unspecified atom stereocenters. The predicted molar refractivity (Wildman–Crippen MR) is 150 cm³/mol. The number of carbonyl (C=O) groups excluding carboxylic acids is 1. The third-order valence-corrected chi connectivity index (χ3v) is 8.23. The number of piperazine rings is 1.